The third kappa shape index (κ3) is 6.25. The molecule has 4 rings (SSSR count). The molecule has 0 atom stereocenters. The van der Waals surface area contributed by atoms with Crippen molar-refractivity contribution in [3.05, 3.63) is 125 Å². The summed E-state index contributed by atoms with van der Waals surface area (Å²) in [6.07, 6.45) is 0. The number of hydrogen-bond acceptors (Lipinski definition) is 2. The summed E-state index contributed by atoms with van der Waals surface area (Å²) in [7, 11) is 0. The van der Waals surface area contributed by atoms with Gasteiger partial charge in [0.2, 0.25) is 0 Å². The van der Waals surface area contributed by atoms with E-state index < -0.39 is 5.41 Å². The van der Waals surface area contributed by atoms with E-state index in [0.29, 0.717) is 22.5 Å². The molecule has 0 radical (unpaired) electrons. The van der Waals surface area contributed by atoms with Crippen molar-refractivity contribution in [1.29, 1.82) is 0 Å². The van der Waals surface area contributed by atoms with Crippen molar-refractivity contribution in [2.24, 2.45) is 0 Å². The van der Waals surface area contributed by atoms with Gasteiger partial charge in [0.1, 0.15) is 0 Å². The number of halogens is 4. The molecule has 4 aromatic carbocycles. The van der Waals surface area contributed by atoms with Gasteiger partial charge in [0.05, 0.1) is 11.4 Å². The Labute approximate surface area is 249 Å². The van der Waals surface area contributed by atoms with E-state index in [1.54, 1.807) is 24.3 Å². The highest BCUT2D eigenvalue weighted by atomic mass is 79.9. The Balaban J connectivity index is 1.61. The van der Waals surface area contributed by atoms with Crippen LogP contribution in [0.25, 0.3) is 0 Å². The maximum Gasteiger partial charge on any atom is 0.255 e. The first kappa shape index (κ1) is 27.8. The van der Waals surface area contributed by atoms with E-state index in [1.165, 1.54) is 0 Å². The van der Waals surface area contributed by atoms with E-state index in [1.807, 2.05) is 60.7 Å². The van der Waals surface area contributed by atoms with Crippen LogP contribution in [0.3, 0.4) is 0 Å². The van der Waals surface area contributed by atoms with Crippen molar-refractivity contribution in [3.63, 3.8) is 0 Å². The Hall–Kier alpha value is -2.26. The summed E-state index contributed by atoms with van der Waals surface area (Å²) in [5, 5.41) is 5.97. The van der Waals surface area contributed by atoms with Crippen molar-refractivity contribution >= 4 is 86.9 Å². The lowest BCUT2D eigenvalue weighted by Gasteiger charge is -2.28. The second kappa shape index (κ2) is 11.6. The molecule has 0 aliphatic rings. The molecular formula is C29H22Br4N2O2. The molecule has 37 heavy (non-hydrogen) atoms. The first-order chi connectivity index (χ1) is 17.6. The number of nitrogens with one attached hydrogen (secondary N) is 2. The number of amides is 2. The van der Waals surface area contributed by atoms with E-state index in [9.17, 15) is 9.59 Å². The van der Waals surface area contributed by atoms with Crippen molar-refractivity contribution in [1.82, 2.24) is 0 Å². The lowest BCUT2D eigenvalue weighted by Crippen LogP contribution is -2.20. The minimum absolute atomic E-state index is 0.185. The second-order valence-corrected chi connectivity index (χ2v) is 12.3. The molecule has 4 nitrogen and oxygen atoms in total. The predicted octanol–water partition coefficient (Wildman–Crippen LogP) is 9.57. The highest BCUT2D eigenvalue weighted by molar-refractivity contribution is 9.11. The summed E-state index contributed by atoms with van der Waals surface area (Å²) >= 11 is 14.6. The SMILES string of the molecule is CC(C)(c1cc(Br)c(NC(=O)c2ccccc2)c(Br)c1)c1cc(Br)c(NC(=O)c2ccccc2)c(Br)c1. The zero-order valence-electron chi connectivity index (χ0n) is 19.9. The molecule has 8 heteroatoms. The number of anilines is 2. The monoisotopic (exact) mass is 746 g/mol. The normalized spacial score (nSPS) is 11.2. The van der Waals surface area contributed by atoms with Crippen LogP contribution >= 0.6 is 63.7 Å². The highest BCUT2D eigenvalue weighted by Gasteiger charge is 2.27. The van der Waals surface area contributed by atoms with Gasteiger partial charge in [-0.1, -0.05) is 50.2 Å². The highest BCUT2D eigenvalue weighted by Crippen LogP contribution is 2.43. The lowest BCUT2D eigenvalue weighted by molar-refractivity contribution is 0.101. The number of carbonyl (C=O) groups excluding carboxylic acids is 2. The smallest absolute Gasteiger partial charge is 0.255 e. The third-order valence-electron chi connectivity index (χ3n) is 6.08. The van der Waals surface area contributed by atoms with E-state index in [2.05, 4.69) is 88.2 Å². The van der Waals surface area contributed by atoms with Gasteiger partial charge in [0.25, 0.3) is 11.8 Å². The Bertz CT molecular complexity index is 1320. The predicted molar refractivity (Wildman–Crippen MR) is 165 cm³/mol. The standard InChI is InChI=1S/C29H22Br4N2O2/c1-29(2,19-13-21(30)25(22(31)14-19)34-27(36)17-9-5-3-6-10-17)20-15-23(32)26(24(33)16-20)35-28(37)18-11-7-4-8-12-18/h3-16H,1-2H3,(H,34,36)(H,35,37). The molecule has 0 unspecified atom stereocenters. The molecule has 2 N–H and O–H groups in total. The molecule has 0 spiro atoms. The fraction of sp³-hybridized carbons (Fsp3) is 0.103. The molecule has 0 heterocycles. The van der Waals surface area contributed by atoms with Gasteiger partial charge >= 0.3 is 0 Å². The molecule has 0 bridgehead atoms. The van der Waals surface area contributed by atoms with Crippen LogP contribution in [0.5, 0.6) is 0 Å². The Kier molecular flexibility index (Phi) is 8.74. The van der Waals surface area contributed by atoms with Crippen molar-refractivity contribution < 1.29 is 9.59 Å². The first-order valence-electron chi connectivity index (χ1n) is 11.3. The first-order valence-corrected chi connectivity index (χ1v) is 14.5. The number of hydrogen-bond donors (Lipinski definition) is 2. The van der Waals surface area contributed by atoms with E-state index >= 15 is 0 Å². The summed E-state index contributed by atoms with van der Waals surface area (Å²) in [6.45, 7) is 4.25. The zero-order chi connectivity index (χ0) is 26.7. The average Bonchev–Trinajstić information content (AvgIpc) is 2.88. The Morgan fingerprint density at radius 3 is 1.16 bits per heavy atom. The fourth-order valence-electron chi connectivity index (χ4n) is 3.82. The van der Waals surface area contributed by atoms with Crippen LogP contribution in [0.4, 0.5) is 11.4 Å². The summed E-state index contributed by atoms with van der Waals surface area (Å²) < 4.78 is 3.05. The summed E-state index contributed by atoms with van der Waals surface area (Å²) in [5.41, 5.74) is 4.15. The van der Waals surface area contributed by atoms with Gasteiger partial charge in [-0.3, -0.25) is 9.59 Å². The minimum Gasteiger partial charge on any atom is -0.320 e. The van der Waals surface area contributed by atoms with Crippen molar-refractivity contribution in [3.8, 4) is 0 Å². The Morgan fingerprint density at radius 2 is 0.865 bits per heavy atom. The molecule has 0 saturated heterocycles. The minimum atomic E-state index is -0.403. The topological polar surface area (TPSA) is 58.2 Å². The van der Waals surface area contributed by atoms with Crippen molar-refractivity contribution in [2.75, 3.05) is 10.6 Å². The van der Waals surface area contributed by atoms with Crippen LogP contribution in [-0.4, -0.2) is 11.8 Å². The number of carbonyl (C=O) groups is 2. The summed E-state index contributed by atoms with van der Waals surface area (Å²) in [4.78, 5) is 25.4. The van der Waals surface area contributed by atoms with Crippen LogP contribution in [0.15, 0.2) is 103 Å². The van der Waals surface area contributed by atoms with Crippen LogP contribution < -0.4 is 10.6 Å². The van der Waals surface area contributed by atoms with Crippen LogP contribution in [0.2, 0.25) is 0 Å². The lowest BCUT2D eigenvalue weighted by atomic mass is 9.78. The quantitative estimate of drug-likeness (QED) is 0.206. The molecule has 0 aromatic heterocycles. The van der Waals surface area contributed by atoms with Gasteiger partial charge in [0, 0.05) is 34.4 Å². The zero-order valence-corrected chi connectivity index (χ0v) is 26.3. The van der Waals surface area contributed by atoms with E-state index in [4.69, 9.17) is 0 Å². The van der Waals surface area contributed by atoms with Crippen LogP contribution in [-0.2, 0) is 5.41 Å². The molecule has 4 aromatic rings. The van der Waals surface area contributed by atoms with Crippen LogP contribution in [0, 0.1) is 0 Å². The van der Waals surface area contributed by atoms with Gasteiger partial charge in [-0.05, 0) is 123 Å². The molecule has 0 saturated carbocycles. The number of benzene rings is 4. The second-order valence-electron chi connectivity index (χ2n) is 8.90. The third-order valence-corrected chi connectivity index (χ3v) is 8.58. The molecule has 0 fully saturated rings. The molecule has 0 aliphatic heterocycles. The molecular weight excluding hydrogens is 728 g/mol. The molecule has 188 valence electrons. The Morgan fingerprint density at radius 1 is 0.568 bits per heavy atom. The summed E-state index contributed by atoms with van der Waals surface area (Å²) in [6, 6.07) is 26.2. The number of rotatable bonds is 6. The van der Waals surface area contributed by atoms with Crippen molar-refractivity contribution in [2.45, 2.75) is 19.3 Å². The van der Waals surface area contributed by atoms with Crippen LogP contribution in [0.1, 0.15) is 45.7 Å². The van der Waals surface area contributed by atoms with Gasteiger partial charge < -0.3 is 10.6 Å². The van der Waals surface area contributed by atoms with E-state index in [-0.39, 0.29) is 11.8 Å². The largest absolute Gasteiger partial charge is 0.320 e. The maximum atomic E-state index is 12.7. The van der Waals surface area contributed by atoms with Gasteiger partial charge in [0.15, 0.2) is 0 Å². The molecule has 2 amide bonds. The fourth-order valence-corrected chi connectivity index (χ4v) is 6.59. The van der Waals surface area contributed by atoms with Gasteiger partial charge in [-0.25, -0.2) is 0 Å². The maximum absolute atomic E-state index is 12.7. The molecule has 0 aliphatic carbocycles. The van der Waals surface area contributed by atoms with Gasteiger partial charge in [-0.2, -0.15) is 0 Å². The van der Waals surface area contributed by atoms with Gasteiger partial charge in [-0.15, -0.1) is 0 Å². The van der Waals surface area contributed by atoms with E-state index in [0.717, 1.165) is 29.0 Å². The summed E-state index contributed by atoms with van der Waals surface area (Å²) in [5.74, 6) is -0.370. The average molecular weight is 750 g/mol.